The van der Waals surface area contributed by atoms with E-state index in [-0.39, 0.29) is 17.6 Å². The summed E-state index contributed by atoms with van der Waals surface area (Å²) < 4.78 is 6.12. The second-order valence-corrected chi connectivity index (χ2v) is 10.0. The molecule has 5 rings (SSSR count). The summed E-state index contributed by atoms with van der Waals surface area (Å²) in [4.78, 5) is 5.11. The first-order valence-corrected chi connectivity index (χ1v) is 13.2. The maximum Gasteiger partial charge on any atom is 0.126 e. The standard InChI is InChI=1S/C31H38N2O2/c1-3-32(4-2)21-23-16-18-33(19-17-23)26-12-10-25(11-13-26)31-28-15-14-27(34)20-30(28)35-22-29(31)24-8-6-5-7-9-24/h5-15,20,23,29,31,34H,3-4,16-19,21-22H2,1-2H3. The second kappa shape index (κ2) is 10.7. The Balaban J connectivity index is 1.35. The molecule has 0 bridgehead atoms. The molecule has 2 aliphatic rings. The molecule has 184 valence electrons. The molecule has 0 saturated carbocycles. The number of hydrogen-bond donors (Lipinski definition) is 1. The molecular formula is C31H38N2O2. The number of ether oxygens (including phenoxy) is 1. The summed E-state index contributed by atoms with van der Waals surface area (Å²) in [7, 11) is 0. The first-order valence-electron chi connectivity index (χ1n) is 13.2. The molecular weight excluding hydrogens is 432 g/mol. The van der Waals surface area contributed by atoms with Crippen LogP contribution in [0.15, 0.2) is 72.8 Å². The number of phenolic OH excluding ortho intramolecular Hbond substituents is 1. The highest BCUT2D eigenvalue weighted by atomic mass is 16.5. The van der Waals surface area contributed by atoms with E-state index in [2.05, 4.69) is 78.2 Å². The summed E-state index contributed by atoms with van der Waals surface area (Å²) in [5.74, 6) is 2.28. The van der Waals surface area contributed by atoms with Crippen LogP contribution in [0, 0.1) is 5.92 Å². The van der Waals surface area contributed by atoms with Crippen molar-refractivity contribution in [1.82, 2.24) is 4.90 Å². The third-order valence-electron chi connectivity index (χ3n) is 8.02. The van der Waals surface area contributed by atoms with Gasteiger partial charge in [-0.25, -0.2) is 0 Å². The Morgan fingerprint density at radius 3 is 2.29 bits per heavy atom. The summed E-state index contributed by atoms with van der Waals surface area (Å²) in [5, 5.41) is 10.0. The summed E-state index contributed by atoms with van der Waals surface area (Å²) in [5.41, 5.74) is 5.06. The van der Waals surface area contributed by atoms with Gasteiger partial charge in [-0.15, -0.1) is 0 Å². The van der Waals surface area contributed by atoms with Crippen molar-refractivity contribution in [3.8, 4) is 11.5 Å². The van der Waals surface area contributed by atoms with E-state index in [1.54, 1.807) is 12.1 Å². The lowest BCUT2D eigenvalue weighted by Crippen LogP contribution is -2.38. The van der Waals surface area contributed by atoms with Crippen LogP contribution in [0.2, 0.25) is 0 Å². The lowest BCUT2D eigenvalue weighted by Gasteiger charge is -2.36. The van der Waals surface area contributed by atoms with Gasteiger partial charge in [-0.05, 0) is 61.2 Å². The molecule has 3 aromatic carbocycles. The molecule has 4 nitrogen and oxygen atoms in total. The van der Waals surface area contributed by atoms with Crippen LogP contribution in [0.25, 0.3) is 0 Å². The average molecular weight is 471 g/mol. The number of nitrogens with zero attached hydrogens (tertiary/aromatic N) is 2. The summed E-state index contributed by atoms with van der Waals surface area (Å²) in [6.07, 6.45) is 2.54. The quantitative estimate of drug-likeness (QED) is 0.442. The van der Waals surface area contributed by atoms with E-state index in [0.717, 1.165) is 43.4 Å². The minimum Gasteiger partial charge on any atom is -0.508 e. The molecule has 2 heterocycles. The van der Waals surface area contributed by atoms with Crippen molar-refractivity contribution in [1.29, 1.82) is 0 Å². The maximum atomic E-state index is 10.0. The van der Waals surface area contributed by atoms with Crippen LogP contribution in [0.1, 0.15) is 55.2 Å². The van der Waals surface area contributed by atoms with E-state index >= 15 is 0 Å². The van der Waals surface area contributed by atoms with Crippen LogP contribution >= 0.6 is 0 Å². The highest BCUT2D eigenvalue weighted by Gasteiger charge is 2.33. The van der Waals surface area contributed by atoms with E-state index in [4.69, 9.17) is 4.74 Å². The molecule has 3 aromatic rings. The van der Waals surface area contributed by atoms with E-state index in [1.807, 2.05) is 6.07 Å². The monoisotopic (exact) mass is 470 g/mol. The van der Waals surface area contributed by atoms with E-state index in [0.29, 0.717) is 6.61 Å². The van der Waals surface area contributed by atoms with Gasteiger partial charge in [0.05, 0.1) is 6.61 Å². The lowest BCUT2D eigenvalue weighted by molar-refractivity contribution is 0.229. The summed E-state index contributed by atoms with van der Waals surface area (Å²) in [6.45, 7) is 10.9. The molecule has 1 N–H and O–H groups in total. The van der Waals surface area contributed by atoms with Gasteiger partial charge in [-0.3, -0.25) is 0 Å². The van der Waals surface area contributed by atoms with Gasteiger partial charge in [0, 0.05) is 48.8 Å². The second-order valence-electron chi connectivity index (χ2n) is 10.0. The fourth-order valence-electron chi connectivity index (χ4n) is 5.91. The first-order chi connectivity index (χ1) is 17.2. The van der Waals surface area contributed by atoms with Crippen molar-refractivity contribution in [3.05, 3.63) is 89.5 Å². The molecule has 4 heteroatoms. The fourth-order valence-corrected chi connectivity index (χ4v) is 5.91. The number of hydrogen-bond acceptors (Lipinski definition) is 4. The molecule has 1 fully saturated rings. The predicted molar refractivity (Wildman–Crippen MR) is 144 cm³/mol. The molecule has 0 aliphatic carbocycles. The Morgan fingerprint density at radius 2 is 1.60 bits per heavy atom. The number of benzene rings is 3. The van der Waals surface area contributed by atoms with Crippen molar-refractivity contribution in [2.45, 2.75) is 38.5 Å². The van der Waals surface area contributed by atoms with Crippen LogP contribution in [0.4, 0.5) is 5.69 Å². The van der Waals surface area contributed by atoms with Gasteiger partial charge in [0.2, 0.25) is 0 Å². The SMILES string of the molecule is CCN(CC)CC1CCN(c2ccc(C3c4ccc(O)cc4OCC3c3ccccc3)cc2)CC1. The average Bonchev–Trinajstić information content (AvgIpc) is 2.92. The van der Waals surface area contributed by atoms with Crippen molar-refractivity contribution in [2.24, 2.45) is 5.92 Å². The third kappa shape index (κ3) is 5.18. The zero-order valence-electron chi connectivity index (χ0n) is 21.1. The van der Waals surface area contributed by atoms with Crippen LogP contribution in [0.3, 0.4) is 0 Å². The number of fused-ring (bicyclic) bond motifs is 1. The van der Waals surface area contributed by atoms with Gasteiger partial charge < -0.3 is 19.6 Å². The Bertz CT molecular complexity index is 1090. The molecule has 1 saturated heterocycles. The maximum absolute atomic E-state index is 10.0. The first kappa shape index (κ1) is 23.7. The number of aromatic hydroxyl groups is 1. The van der Waals surface area contributed by atoms with Gasteiger partial charge in [0.25, 0.3) is 0 Å². The van der Waals surface area contributed by atoms with E-state index in [9.17, 15) is 5.11 Å². The Morgan fingerprint density at radius 1 is 0.886 bits per heavy atom. The van der Waals surface area contributed by atoms with Gasteiger partial charge in [-0.2, -0.15) is 0 Å². The van der Waals surface area contributed by atoms with E-state index in [1.165, 1.54) is 36.2 Å². The van der Waals surface area contributed by atoms with Crippen LogP contribution < -0.4 is 9.64 Å². The number of rotatable bonds is 7. The van der Waals surface area contributed by atoms with Gasteiger partial charge >= 0.3 is 0 Å². The largest absolute Gasteiger partial charge is 0.508 e. The van der Waals surface area contributed by atoms with Crippen molar-refractivity contribution in [2.75, 3.05) is 44.2 Å². The van der Waals surface area contributed by atoms with Crippen molar-refractivity contribution in [3.63, 3.8) is 0 Å². The molecule has 2 atom stereocenters. The Kier molecular flexibility index (Phi) is 7.29. The zero-order chi connectivity index (χ0) is 24.2. The van der Waals surface area contributed by atoms with Crippen molar-refractivity contribution >= 4 is 5.69 Å². The van der Waals surface area contributed by atoms with Crippen LogP contribution in [0.5, 0.6) is 11.5 Å². The van der Waals surface area contributed by atoms with Gasteiger partial charge in [0.15, 0.2) is 0 Å². The Labute approximate surface area is 210 Å². The van der Waals surface area contributed by atoms with Crippen LogP contribution in [-0.4, -0.2) is 49.3 Å². The highest BCUT2D eigenvalue weighted by Crippen LogP contribution is 2.47. The van der Waals surface area contributed by atoms with E-state index < -0.39 is 0 Å². The van der Waals surface area contributed by atoms with Crippen LogP contribution in [-0.2, 0) is 0 Å². The summed E-state index contributed by atoms with van der Waals surface area (Å²) >= 11 is 0. The third-order valence-corrected chi connectivity index (χ3v) is 8.02. The molecule has 35 heavy (non-hydrogen) atoms. The topological polar surface area (TPSA) is 35.9 Å². The minimum atomic E-state index is 0.190. The molecule has 0 radical (unpaired) electrons. The number of piperidine rings is 1. The molecule has 2 aliphatic heterocycles. The summed E-state index contributed by atoms with van der Waals surface area (Å²) in [6, 6.07) is 25.4. The van der Waals surface area contributed by atoms with Gasteiger partial charge in [0.1, 0.15) is 11.5 Å². The molecule has 0 amide bonds. The molecule has 0 spiro atoms. The molecule has 2 unspecified atom stereocenters. The van der Waals surface area contributed by atoms with Gasteiger partial charge in [-0.1, -0.05) is 62.4 Å². The normalized spacial score (nSPS) is 20.5. The predicted octanol–water partition coefficient (Wildman–Crippen LogP) is 6.26. The smallest absolute Gasteiger partial charge is 0.126 e. The number of phenols is 1. The van der Waals surface area contributed by atoms with Crippen molar-refractivity contribution < 1.29 is 9.84 Å². The zero-order valence-corrected chi connectivity index (χ0v) is 21.1. The lowest BCUT2D eigenvalue weighted by atomic mass is 9.76. The highest BCUT2D eigenvalue weighted by molar-refractivity contribution is 5.54. The fraction of sp³-hybridized carbons (Fsp3) is 0.419. The number of anilines is 1. The minimum absolute atomic E-state index is 0.190. The Hall–Kier alpha value is -2.98. The molecule has 0 aromatic heterocycles.